The Balaban J connectivity index is 2.53. The number of allylic oxidation sites excluding steroid dienone is 1. The van der Waals surface area contributed by atoms with Crippen molar-refractivity contribution in [1.82, 2.24) is 4.72 Å². The van der Waals surface area contributed by atoms with Crippen molar-refractivity contribution in [2.45, 2.75) is 51.2 Å². The lowest BCUT2D eigenvalue weighted by molar-refractivity contribution is 0.546. The predicted octanol–water partition coefficient (Wildman–Crippen LogP) is 2.20. The molecule has 0 aromatic rings. The molecule has 0 heterocycles. The Labute approximate surface area is 93.0 Å². The van der Waals surface area contributed by atoms with Crippen molar-refractivity contribution < 1.29 is 8.42 Å². The fourth-order valence-corrected chi connectivity index (χ4v) is 2.28. The van der Waals surface area contributed by atoms with Crippen LogP contribution in [0, 0.1) is 0 Å². The van der Waals surface area contributed by atoms with Crippen molar-refractivity contribution in [3.8, 4) is 0 Å². The van der Waals surface area contributed by atoms with E-state index in [1.54, 1.807) is 20.8 Å². The largest absolute Gasteiger partial charge is 0.216 e. The van der Waals surface area contributed by atoms with Crippen molar-refractivity contribution in [3.05, 3.63) is 11.6 Å². The van der Waals surface area contributed by atoms with Crippen LogP contribution >= 0.6 is 0 Å². The van der Waals surface area contributed by atoms with E-state index < -0.39 is 14.8 Å². The second-order valence-corrected chi connectivity index (χ2v) is 7.57. The molecule has 0 bridgehead atoms. The van der Waals surface area contributed by atoms with Crippen LogP contribution in [-0.2, 0) is 10.0 Å². The first-order valence-corrected chi connectivity index (χ1v) is 6.98. The molecule has 0 radical (unpaired) electrons. The summed E-state index contributed by atoms with van der Waals surface area (Å²) in [6, 6.07) is 0. The summed E-state index contributed by atoms with van der Waals surface area (Å²) < 4.78 is 25.5. The standard InChI is InChI=1S/C11H21NO2S/c1-11(2,3)15(13,14)12-9-10-7-5-4-6-8-10/h7,12H,4-6,8-9H2,1-3H3. The van der Waals surface area contributed by atoms with Gasteiger partial charge in [-0.05, 0) is 46.5 Å². The van der Waals surface area contributed by atoms with Gasteiger partial charge in [0.25, 0.3) is 0 Å². The molecular formula is C11H21NO2S. The monoisotopic (exact) mass is 231 g/mol. The smallest absolute Gasteiger partial charge is 0.212 e. The first-order chi connectivity index (χ1) is 6.83. The lowest BCUT2D eigenvalue weighted by Crippen LogP contribution is -2.40. The Hall–Kier alpha value is -0.350. The summed E-state index contributed by atoms with van der Waals surface area (Å²) in [5, 5.41) is 0. The molecule has 1 aliphatic carbocycles. The maximum absolute atomic E-state index is 11.8. The summed E-state index contributed by atoms with van der Waals surface area (Å²) in [6.45, 7) is 5.62. The van der Waals surface area contributed by atoms with Gasteiger partial charge < -0.3 is 0 Å². The minimum absolute atomic E-state index is 0.486. The average molecular weight is 231 g/mol. The second-order valence-electron chi connectivity index (χ2n) is 5.05. The zero-order valence-corrected chi connectivity index (χ0v) is 10.7. The molecule has 1 aliphatic rings. The molecular weight excluding hydrogens is 210 g/mol. The molecule has 15 heavy (non-hydrogen) atoms. The van der Waals surface area contributed by atoms with Gasteiger partial charge >= 0.3 is 0 Å². The van der Waals surface area contributed by atoms with Crippen LogP contribution in [0.1, 0.15) is 46.5 Å². The second kappa shape index (κ2) is 4.66. The van der Waals surface area contributed by atoms with E-state index in [2.05, 4.69) is 10.8 Å². The normalized spacial score (nSPS) is 18.7. The molecule has 1 rings (SSSR count). The maximum Gasteiger partial charge on any atom is 0.216 e. The van der Waals surface area contributed by atoms with Gasteiger partial charge in [-0.1, -0.05) is 11.6 Å². The minimum Gasteiger partial charge on any atom is -0.212 e. The molecule has 0 aromatic carbocycles. The van der Waals surface area contributed by atoms with Crippen LogP contribution in [0.25, 0.3) is 0 Å². The molecule has 0 saturated heterocycles. The zero-order chi connectivity index (χ0) is 11.5. The van der Waals surface area contributed by atoms with Crippen LogP contribution in [0.15, 0.2) is 11.6 Å². The first kappa shape index (κ1) is 12.7. The molecule has 0 atom stereocenters. The molecule has 1 N–H and O–H groups in total. The Morgan fingerprint density at radius 2 is 2.00 bits per heavy atom. The minimum atomic E-state index is -3.19. The van der Waals surface area contributed by atoms with E-state index in [-0.39, 0.29) is 0 Å². The third-order valence-corrected chi connectivity index (χ3v) is 4.82. The van der Waals surface area contributed by atoms with Gasteiger partial charge in [0.1, 0.15) is 0 Å². The van der Waals surface area contributed by atoms with Crippen LogP contribution in [0.3, 0.4) is 0 Å². The summed E-state index contributed by atoms with van der Waals surface area (Å²) in [5.74, 6) is 0. The highest BCUT2D eigenvalue weighted by atomic mass is 32.2. The van der Waals surface area contributed by atoms with Crippen molar-refractivity contribution in [2.24, 2.45) is 0 Å². The van der Waals surface area contributed by atoms with Gasteiger partial charge in [-0.25, -0.2) is 13.1 Å². The highest BCUT2D eigenvalue weighted by Crippen LogP contribution is 2.18. The van der Waals surface area contributed by atoms with Crippen LogP contribution in [-0.4, -0.2) is 19.7 Å². The lowest BCUT2D eigenvalue weighted by atomic mass is 10.0. The van der Waals surface area contributed by atoms with Gasteiger partial charge in [0.05, 0.1) is 4.75 Å². The molecule has 4 heteroatoms. The highest BCUT2D eigenvalue weighted by molar-refractivity contribution is 7.90. The summed E-state index contributed by atoms with van der Waals surface area (Å²) in [4.78, 5) is 0. The molecule has 0 fully saturated rings. The van der Waals surface area contributed by atoms with Crippen LogP contribution in [0.4, 0.5) is 0 Å². The maximum atomic E-state index is 11.8. The van der Waals surface area contributed by atoms with Gasteiger partial charge in [-0.15, -0.1) is 0 Å². The molecule has 0 amide bonds. The van der Waals surface area contributed by atoms with E-state index in [0.717, 1.165) is 12.8 Å². The number of sulfonamides is 1. The molecule has 0 saturated carbocycles. The highest BCUT2D eigenvalue weighted by Gasteiger charge is 2.28. The van der Waals surface area contributed by atoms with E-state index in [1.165, 1.54) is 18.4 Å². The molecule has 3 nitrogen and oxygen atoms in total. The van der Waals surface area contributed by atoms with Gasteiger partial charge in [0.15, 0.2) is 0 Å². The number of hydrogen-bond acceptors (Lipinski definition) is 2. The fourth-order valence-electron chi connectivity index (χ4n) is 1.47. The van der Waals surface area contributed by atoms with Gasteiger partial charge in [-0.2, -0.15) is 0 Å². The van der Waals surface area contributed by atoms with Crippen molar-refractivity contribution in [3.63, 3.8) is 0 Å². The summed E-state index contributed by atoms with van der Waals surface area (Å²) >= 11 is 0. The van der Waals surface area contributed by atoms with E-state index in [9.17, 15) is 8.42 Å². The lowest BCUT2D eigenvalue weighted by Gasteiger charge is -2.21. The molecule has 88 valence electrons. The third kappa shape index (κ3) is 3.61. The van der Waals surface area contributed by atoms with Gasteiger partial charge in [-0.3, -0.25) is 0 Å². The molecule has 0 aliphatic heterocycles. The zero-order valence-electron chi connectivity index (χ0n) is 9.84. The predicted molar refractivity (Wildman–Crippen MR) is 63.2 cm³/mol. The quantitative estimate of drug-likeness (QED) is 0.757. The van der Waals surface area contributed by atoms with E-state index in [1.807, 2.05) is 0 Å². The van der Waals surface area contributed by atoms with E-state index >= 15 is 0 Å². The number of nitrogens with one attached hydrogen (secondary N) is 1. The third-order valence-electron chi connectivity index (χ3n) is 2.68. The molecule has 0 spiro atoms. The van der Waals surface area contributed by atoms with E-state index in [4.69, 9.17) is 0 Å². The van der Waals surface area contributed by atoms with Crippen LogP contribution in [0.2, 0.25) is 0 Å². The van der Waals surface area contributed by atoms with Crippen molar-refractivity contribution in [2.75, 3.05) is 6.54 Å². The number of hydrogen-bond donors (Lipinski definition) is 1. The van der Waals surface area contributed by atoms with E-state index in [0.29, 0.717) is 6.54 Å². The van der Waals surface area contributed by atoms with Gasteiger partial charge in [0.2, 0.25) is 10.0 Å². The Morgan fingerprint density at radius 3 is 2.47 bits per heavy atom. The Morgan fingerprint density at radius 1 is 1.33 bits per heavy atom. The average Bonchev–Trinajstić information content (AvgIpc) is 2.15. The first-order valence-electron chi connectivity index (χ1n) is 5.50. The van der Waals surface area contributed by atoms with Crippen molar-refractivity contribution in [1.29, 1.82) is 0 Å². The van der Waals surface area contributed by atoms with Crippen LogP contribution < -0.4 is 4.72 Å². The Bertz CT molecular complexity index is 336. The summed E-state index contributed by atoms with van der Waals surface area (Å²) in [7, 11) is -3.19. The fraction of sp³-hybridized carbons (Fsp3) is 0.818. The molecule has 0 aromatic heterocycles. The summed E-state index contributed by atoms with van der Waals surface area (Å²) in [5.41, 5.74) is 1.23. The van der Waals surface area contributed by atoms with Crippen molar-refractivity contribution >= 4 is 10.0 Å². The molecule has 0 unspecified atom stereocenters. The van der Waals surface area contributed by atoms with Gasteiger partial charge in [0, 0.05) is 6.54 Å². The Kier molecular flexibility index (Phi) is 3.95. The SMILES string of the molecule is CC(C)(C)S(=O)(=O)NCC1=CCCCC1. The van der Waals surface area contributed by atoms with Crippen LogP contribution in [0.5, 0.6) is 0 Å². The summed E-state index contributed by atoms with van der Waals surface area (Å²) in [6.07, 6.45) is 6.70. The number of rotatable bonds is 3. The topological polar surface area (TPSA) is 46.2 Å².